The van der Waals surface area contributed by atoms with Crippen LogP contribution in [0.2, 0.25) is 0 Å². The van der Waals surface area contributed by atoms with Crippen LogP contribution in [-0.4, -0.2) is 41.2 Å². The van der Waals surface area contributed by atoms with E-state index in [-0.39, 0.29) is 29.4 Å². The molecule has 0 radical (unpaired) electrons. The fourth-order valence-corrected chi connectivity index (χ4v) is 4.60. The van der Waals surface area contributed by atoms with Gasteiger partial charge in [-0.05, 0) is 72.4 Å². The van der Waals surface area contributed by atoms with Gasteiger partial charge in [-0.3, -0.25) is 14.9 Å². The molecule has 1 heterocycles. The number of hydrogen-bond acceptors (Lipinski definition) is 8. The van der Waals surface area contributed by atoms with Crippen LogP contribution in [0.15, 0.2) is 71.9 Å². The lowest BCUT2D eigenvalue weighted by Gasteiger charge is -2.30. The van der Waals surface area contributed by atoms with E-state index in [9.17, 15) is 29.9 Å². The van der Waals surface area contributed by atoms with E-state index in [2.05, 4.69) is 10.6 Å². The van der Waals surface area contributed by atoms with Crippen molar-refractivity contribution in [2.75, 3.05) is 14.2 Å². The molecule has 11 heteroatoms. The molecule has 0 aliphatic carbocycles. The third-order valence-electron chi connectivity index (χ3n) is 6.68. The molecule has 4 rings (SSSR count). The van der Waals surface area contributed by atoms with Crippen molar-refractivity contribution in [3.63, 3.8) is 0 Å². The third-order valence-corrected chi connectivity index (χ3v) is 6.68. The van der Waals surface area contributed by atoms with Crippen molar-refractivity contribution in [2.45, 2.75) is 31.7 Å². The molecule has 1 atom stereocenters. The predicted octanol–water partition coefficient (Wildman–Crippen LogP) is 4.47. The molecule has 2 amide bonds. The summed E-state index contributed by atoms with van der Waals surface area (Å²) in [7, 11) is 2.89. The summed E-state index contributed by atoms with van der Waals surface area (Å²) in [6, 6.07) is 14.2. The van der Waals surface area contributed by atoms with Gasteiger partial charge in [-0.15, -0.1) is 0 Å². The van der Waals surface area contributed by atoms with Gasteiger partial charge in [0.25, 0.3) is 5.69 Å². The number of benzene rings is 3. The van der Waals surface area contributed by atoms with Crippen LogP contribution in [0.5, 0.6) is 23.0 Å². The van der Waals surface area contributed by atoms with Crippen molar-refractivity contribution >= 4 is 17.5 Å². The molecule has 11 nitrogen and oxygen atoms in total. The number of nitrogens with one attached hydrogen (secondary N) is 2. The van der Waals surface area contributed by atoms with E-state index in [1.54, 1.807) is 24.3 Å². The second-order valence-electron chi connectivity index (χ2n) is 9.21. The number of methoxy groups -OCH3 is 2. The van der Waals surface area contributed by atoms with E-state index < -0.39 is 17.0 Å². The van der Waals surface area contributed by atoms with E-state index >= 15 is 0 Å². The van der Waals surface area contributed by atoms with Gasteiger partial charge >= 0.3 is 6.03 Å². The van der Waals surface area contributed by atoms with E-state index in [0.717, 1.165) is 11.1 Å². The zero-order valence-electron chi connectivity index (χ0n) is 22.0. The summed E-state index contributed by atoms with van der Waals surface area (Å²) in [5.74, 6) is 0.377. The Balaban J connectivity index is 1.67. The SMILES string of the molecule is COc1cc(CCC(=O)C2=C(CCc3ccc(O)c(OC)c3)NC(=O)NC2c2ccc([N+](=O)[O-])cc2)ccc1O. The molecule has 1 unspecified atom stereocenters. The number of allylic oxidation sites excluding steroid dienone is 1. The number of non-ortho nitro benzene ring substituents is 1. The van der Waals surface area contributed by atoms with E-state index in [1.165, 1.54) is 50.6 Å². The lowest BCUT2D eigenvalue weighted by molar-refractivity contribution is -0.384. The van der Waals surface area contributed by atoms with Gasteiger partial charge in [-0.2, -0.15) is 0 Å². The second-order valence-corrected chi connectivity index (χ2v) is 9.21. The first-order valence-corrected chi connectivity index (χ1v) is 12.5. The Morgan fingerprint density at radius 3 is 2.02 bits per heavy atom. The largest absolute Gasteiger partial charge is 0.504 e. The van der Waals surface area contributed by atoms with Gasteiger partial charge in [-0.1, -0.05) is 12.1 Å². The number of nitro benzene ring substituents is 1. The zero-order valence-corrected chi connectivity index (χ0v) is 22.0. The molecule has 0 spiro atoms. The predicted molar refractivity (Wildman–Crippen MR) is 145 cm³/mol. The highest BCUT2D eigenvalue weighted by Crippen LogP contribution is 2.33. The average molecular weight is 548 g/mol. The van der Waals surface area contributed by atoms with Gasteiger partial charge in [-0.25, -0.2) is 4.79 Å². The Morgan fingerprint density at radius 2 is 1.48 bits per heavy atom. The van der Waals surface area contributed by atoms with Crippen LogP contribution in [0, 0.1) is 10.1 Å². The van der Waals surface area contributed by atoms with E-state index in [4.69, 9.17) is 9.47 Å². The molecule has 1 aliphatic rings. The Labute approximate surface area is 230 Å². The van der Waals surface area contributed by atoms with Gasteiger partial charge in [0, 0.05) is 29.8 Å². The van der Waals surface area contributed by atoms with Crippen LogP contribution < -0.4 is 20.1 Å². The average Bonchev–Trinajstić information content (AvgIpc) is 2.95. The molecule has 40 heavy (non-hydrogen) atoms. The molecule has 3 aromatic carbocycles. The van der Waals surface area contributed by atoms with Crippen molar-refractivity contribution < 1.29 is 34.2 Å². The standard InChI is InChI=1S/C29H29N3O8/c1-39-25-15-17(4-12-22(25)33)3-11-21-27(24(35)14-6-18-5-13-23(34)26(16-18)40-2)28(31-29(36)30-21)19-7-9-20(10-8-19)32(37)38/h4-5,7-10,12-13,15-16,28,33-34H,3,6,11,14H2,1-2H3,(H2,30,31,36). The number of ether oxygens (including phenoxy) is 2. The summed E-state index contributed by atoms with van der Waals surface area (Å²) in [5.41, 5.74) is 2.81. The molecule has 0 bridgehead atoms. The summed E-state index contributed by atoms with van der Waals surface area (Å²) in [5, 5.41) is 36.5. The normalized spacial score (nSPS) is 14.8. The number of amides is 2. The summed E-state index contributed by atoms with van der Waals surface area (Å²) < 4.78 is 10.3. The van der Waals surface area contributed by atoms with E-state index in [0.29, 0.717) is 47.6 Å². The lowest BCUT2D eigenvalue weighted by atomic mass is 9.88. The smallest absolute Gasteiger partial charge is 0.319 e. The van der Waals surface area contributed by atoms with Crippen LogP contribution in [-0.2, 0) is 17.6 Å². The first-order chi connectivity index (χ1) is 19.2. The number of phenols is 2. The number of aromatic hydroxyl groups is 2. The van der Waals surface area contributed by atoms with Crippen molar-refractivity contribution in [1.82, 2.24) is 10.6 Å². The van der Waals surface area contributed by atoms with Crippen molar-refractivity contribution in [3.05, 3.63) is 98.7 Å². The van der Waals surface area contributed by atoms with Gasteiger partial charge in [0.2, 0.25) is 0 Å². The Kier molecular flexibility index (Phi) is 8.53. The monoisotopic (exact) mass is 547 g/mol. The molecular formula is C29H29N3O8. The number of Topliss-reactive ketones (excluding diaryl/α,β-unsaturated/α-hetero) is 1. The van der Waals surface area contributed by atoms with Crippen LogP contribution in [0.3, 0.4) is 0 Å². The maximum atomic E-state index is 13.7. The van der Waals surface area contributed by atoms with E-state index in [1.807, 2.05) is 0 Å². The Hall–Kier alpha value is -5.06. The summed E-state index contributed by atoms with van der Waals surface area (Å²) in [6.07, 6.45) is 1.19. The Morgan fingerprint density at radius 1 is 0.900 bits per heavy atom. The van der Waals surface area contributed by atoms with Crippen LogP contribution >= 0.6 is 0 Å². The van der Waals surface area contributed by atoms with Crippen molar-refractivity contribution in [3.8, 4) is 23.0 Å². The van der Waals surface area contributed by atoms with Gasteiger partial charge in [0.05, 0.1) is 25.2 Å². The summed E-state index contributed by atoms with van der Waals surface area (Å²) >= 11 is 0. The highest BCUT2D eigenvalue weighted by molar-refractivity contribution is 6.00. The molecular weight excluding hydrogens is 518 g/mol. The number of carbonyl (C=O) groups excluding carboxylic acids is 2. The number of aryl methyl sites for hydroxylation is 2. The number of rotatable bonds is 11. The molecule has 0 saturated heterocycles. The Bertz CT molecular complexity index is 1470. The van der Waals surface area contributed by atoms with Crippen LogP contribution in [0.4, 0.5) is 10.5 Å². The minimum absolute atomic E-state index is 0.000554. The summed E-state index contributed by atoms with van der Waals surface area (Å²) in [4.78, 5) is 37.0. The number of hydrogen-bond donors (Lipinski definition) is 4. The lowest BCUT2D eigenvalue weighted by Crippen LogP contribution is -2.45. The molecule has 1 aliphatic heterocycles. The maximum absolute atomic E-state index is 13.7. The minimum Gasteiger partial charge on any atom is -0.504 e. The molecule has 0 fully saturated rings. The molecule has 208 valence electrons. The fourth-order valence-electron chi connectivity index (χ4n) is 4.60. The zero-order chi connectivity index (χ0) is 28.8. The highest BCUT2D eigenvalue weighted by atomic mass is 16.6. The van der Waals surface area contributed by atoms with Crippen molar-refractivity contribution in [2.24, 2.45) is 0 Å². The van der Waals surface area contributed by atoms with Gasteiger partial charge < -0.3 is 30.3 Å². The minimum atomic E-state index is -0.819. The number of urea groups is 1. The van der Waals surface area contributed by atoms with Gasteiger partial charge in [0.1, 0.15) is 0 Å². The molecule has 3 aromatic rings. The van der Waals surface area contributed by atoms with Crippen molar-refractivity contribution in [1.29, 1.82) is 0 Å². The highest BCUT2D eigenvalue weighted by Gasteiger charge is 2.32. The van der Waals surface area contributed by atoms with Crippen LogP contribution in [0.25, 0.3) is 0 Å². The number of nitrogens with zero attached hydrogens (tertiary/aromatic N) is 1. The molecule has 0 aromatic heterocycles. The molecule has 0 saturated carbocycles. The number of ketones is 1. The maximum Gasteiger partial charge on any atom is 0.319 e. The first-order valence-electron chi connectivity index (χ1n) is 12.5. The summed E-state index contributed by atoms with van der Waals surface area (Å²) in [6.45, 7) is 0. The number of carbonyl (C=O) groups is 2. The fraction of sp³-hybridized carbons (Fsp3) is 0.241. The third kappa shape index (κ3) is 6.32. The number of nitro groups is 1. The topological polar surface area (TPSA) is 160 Å². The van der Waals surface area contributed by atoms with Crippen LogP contribution in [0.1, 0.15) is 35.6 Å². The second kappa shape index (κ2) is 12.2. The first kappa shape index (κ1) is 28.0. The molecule has 4 N–H and O–H groups in total. The van der Waals surface area contributed by atoms with Gasteiger partial charge in [0.15, 0.2) is 28.8 Å². The quantitative estimate of drug-likeness (QED) is 0.202. The number of phenolic OH excluding ortho intramolecular Hbond substituents is 2.